The van der Waals surface area contributed by atoms with E-state index >= 15 is 0 Å². The van der Waals surface area contributed by atoms with Crippen molar-refractivity contribution in [1.82, 2.24) is 0 Å². The fourth-order valence-electron chi connectivity index (χ4n) is 9.84. The maximum absolute atomic E-state index is 10.8. The van der Waals surface area contributed by atoms with E-state index in [9.17, 15) is 5.11 Å². The third kappa shape index (κ3) is 3.36. The van der Waals surface area contributed by atoms with Crippen LogP contribution in [-0.2, 0) is 6.42 Å². The molecule has 0 amide bonds. The zero-order valence-electron chi connectivity index (χ0n) is 21.1. The van der Waals surface area contributed by atoms with Gasteiger partial charge in [-0.25, -0.2) is 0 Å². The van der Waals surface area contributed by atoms with Gasteiger partial charge in [0, 0.05) is 0 Å². The SMILES string of the molecule is C=C(CCc1ccccc1)[C@H]1CC[C@]2(C)[C@@H]1CC[C@H]1[C@H]2CC[C@H]2C(C)(C)[C@@H](O)CC[C@]12C. The van der Waals surface area contributed by atoms with Crippen LogP contribution in [0.4, 0.5) is 0 Å². The van der Waals surface area contributed by atoms with E-state index in [4.69, 9.17) is 0 Å². The number of benzene rings is 1. The molecule has 8 atom stereocenters. The van der Waals surface area contributed by atoms with Crippen molar-refractivity contribution >= 4 is 0 Å². The Kier molecular flexibility index (Phi) is 5.68. The first-order valence-corrected chi connectivity index (χ1v) is 13.6. The molecule has 32 heavy (non-hydrogen) atoms. The summed E-state index contributed by atoms with van der Waals surface area (Å²) in [7, 11) is 0. The maximum atomic E-state index is 10.8. The Bertz CT molecular complexity index is 839. The van der Waals surface area contributed by atoms with Crippen LogP contribution in [0.1, 0.15) is 91.0 Å². The van der Waals surface area contributed by atoms with Gasteiger partial charge in [0.1, 0.15) is 0 Å². The molecule has 0 radical (unpaired) electrons. The van der Waals surface area contributed by atoms with Crippen molar-refractivity contribution in [3.8, 4) is 0 Å². The van der Waals surface area contributed by atoms with Gasteiger partial charge in [0.2, 0.25) is 0 Å². The van der Waals surface area contributed by atoms with Gasteiger partial charge in [-0.1, -0.05) is 70.2 Å². The highest BCUT2D eigenvalue weighted by molar-refractivity contribution is 5.20. The fraction of sp³-hybridized carbons (Fsp3) is 0.742. The second-order valence-electron chi connectivity index (χ2n) is 13.2. The monoisotopic (exact) mass is 434 g/mol. The van der Waals surface area contributed by atoms with Crippen LogP contribution in [0.15, 0.2) is 42.5 Å². The Balaban J connectivity index is 1.32. The first kappa shape index (κ1) is 22.7. The van der Waals surface area contributed by atoms with E-state index in [1.807, 2.05) is 0 Å². The Morgan fingerprint density at radius 2 is 1.47 bits per heavy atom. The van der Waals surface area contributed by atoms with Crippen molar-refractivity contribution < 1.29 is 5.11 Å². The minimum absolute atomic E-state index is 0.0691. The summed E-state index contributed by atoms with van der Waals surface area (Å²) in [5.74, 6) is 3.98. The Labute approximate surface area is 197 Å². The summed E-state index contributed by atoms with van der Waals surface area (Å²) in [6.07, 6.45) is 12.7. The van der Waals surface area contributed by atoms with Crippen LogP contribution in [0, 0.1) is 45.8 Å². The molecule has 176 valence electrons. The van der Waals surface area contributed by atoms with Crippen molar-refractivity contribution in [2.45, 2.75) is 98.0 Å². The fourth-order valence-corrected chi connectivity index (χ4v) is 9.84. The normalized spacial score (nSPS) is 44.9. The average Bonchev–Trinajstić information content (AvgIpc) is 3.13. The van der Waals surface area contributed by atoms with Crippen LogP contribution in [0.25, 0.3) is 0 Å². The second kappa shape index (κ2) is 8.00. The van der Waals surface area contributed by atoms with Crippen molar-refractivity contribution in [1.29, 1.82) is 0 Å². The van der Waals surface area contributed by atoms with E-state index in [2.05, 4.69) is 64.6 Å². The van der Waals surface area contributed by atoms with E-state index in [1.165, 1.54) is 56.1 Å². The summed E-state index contributed by atoms with van der Waals surface area (Å²) < 4.78 is 0. The summed E-state index contributed by atoms with van der Waals surface area (Å²) in [4.78, 5) is 0. The topological polar surface area (TPSA) is 20.2 Å². The minimum Gasteiger partial charge on any atom is -0.393 e. The Morgan fingerprint density at radius 1 is 0.844 bits per heavy atom. The van der Waals surface area contributed by atoms with Gasteiger partial charge in [0.15, 0.2) is 0 Å². The molecule has 4 saturated carbocycles. The molecule has 1 N–H and O–H groups in total. The predicted octanol–water partition coefficient (Wildman–Crippen LogP) is 7.83. The van der Waals surface area contributed by atoms with E-state index in [0.29, 0.717) is 16.7 Å². The minimum atomic E-state index is -0.118. The summed E-state index contributed by atoms with van der Waals surface area (Å²) in [6.45, 7) is 14.7. The third-order valence-corrected chi connectivity index (χ3v) is 11.7. The summed E-state index contributed by atoms with van der Waals surface area (Å²) in [6, 6.07) is 11.0. The van der Waals surface area contributed by atoms with Gasteiger partial charge >= 0.3 is 0 Å². The standard InChI is InChI=1S/C31H46O/c1-21(11-12-22-9-7-6-8-10-22)23-17-19-30(4)24(23)13-14-26-25(30)15-16-27-29(2,3)28(32)18-20-31(26,27)5/h6-10,23-28,32H,1,11-20H2,2-5H3/t23-,24-,25-,26+,27+,28+,30-,31-/m1/s1. The molecule has 0 heterocycles. The zero-order valence-corrected chi connectivity index (χ0v) is 21.1. The largest absolute Gasteiger partial charge is 0.393 e. The molecule has 0 saturated heterocycles. The Morgan fingerprint density at radius 3 is 2.22 bits per heavy atom. The summed E-state index contributed by atoms with van der Waals surface area (Å²) in [5, 5.41) is 10.8. The summed E-state index contributed by atoms with van der Waals surface area (Å²) >= 11 is 0. The lowest BCUT2D eigenvalue weighted by molar-refractivity contribution is -0.183. The lowest BCUT2D eigenvalue weighted by Crippen LogP contribution is -2.59. The van der Waals surface area contributed by atoms with Crippen LogP contribution < -0.4 is 0 Å². The Hall–Kier alpha value is -1.08. The molecular formula is C31H46O. The molecule has 1 aromatic carbocycles. The predicted molar refractivity (Wildman–Crippen MR) is 134 cm³/mol. The smallest absolute Gasteiger partial charge is 0.0594 e. The second-order valence-corrected chi connectivity index (χ2v) is 13.2. The van der Waals surface area contributed by atoms with Crippen LogP contribution in [-0.4, -0.2) is 11.2 Å². The molecule has 5 rings (SSSR count). The number of fused-ring (bicyclic) bond motifs is 5. The van der Waals surface area contributed by atoms with Gasteiger partial charge in [-0.2, -0.15) is 0 Å². The van der Waals surface area contributed by atoms with Crippen molar-refractivity contribution in [3.05, 3.63) is 48.0 Å². The molecule has 4 fully saturated rings. The van der Waals surface area contributed by atoms with E-state index < -0.39 is 0 Å². The third-order valence-electron chi connectivity index (χ3n) is 11.7. The highest BCUT2D eigenvalue weighted by Gasteiger charge is 2.63. The lowest BCUT2D eigenvalue weighted by Gasteiger charge is -2.65. The van der Waals surface area contributed by atoms with E-state index in [0.717, 1.165) is 42.9 Å². The van der Waals surface area contributed by atoms with Crippen LogP contribution in [0.3, 0.4) is 0 Å². The zero-order chi connectivity index (χ0) is 22.7. The number of aliphatic hydroxyl groups is 1. The highest BCUT2D eigenvalue weighted by atomic mass is 16.3. The molecule has 4 aliphatic rings. The quantitative estimate of drug-likeness (QED) is 0.479. The average molecular weight is 435 g/mol. The van der Waals surface area contributed by atoms with Gasteiger partial charge < -0.3 is 5.11 Å². The number of rotatable bonds is 4. The molecule has 0 unspecified atom stereocenters. The molecule has 0 bridgehead atoms. The van der Waals surface area contributed by atoms with Crippen LogP contribution in [0.2, 0.25) is 0 Å². The van der Waals surface area contributed by atoms with E-state index in [1.54, 1.807) is 0 Å². The molecule has 4 aliphatic carbocycles. The van der Waals surface area contributed by atoms with Crippen molar-refractivity contribution in [2.75, 3.05) is 0 Å². The number of allylic oxidation sites excluding steroid dienone is 1. The number of aryl methyl sites for hydroxylation is 1. The molecule has 0 spiro atoms. The highest BCUT2D eigenvalue weighted by Crippen LogP contribution is 2.70. The van der Waals surface area contributed by atoms with Crippen molar-refractivity contribution in [2.24, 2.45) is 45.8 Å². The number of hydrogen-bond donors (Lipinski definition) is 1. The number of aliphatic hydroxyl groups excluding tert-OH is 1. The molecule has 1 heteroatoms. The molecule has 0 aliphatic heterocycles. The van der Waals surface area contributed by atoms with Crippen LogP contribution in [0.5, 0.6) is 0 Å². The van der Waals surface area contributed by atoms with Gasteiger partial charge in [-0.05, 0) is 116 Å². The maximum Gasteiger partial charge on any atom is 0.0594 e. The van der Waals surface area contributed by atoms with Gasteiger partial charge in [0.25, 0.3) is 0 Å². The summed E-state index contributed by atoms with van der Waals surface area (Å²) in [5.41, 5.74) is 3.97. The number of hydrogen-bond acceptors (Lipinski definition) is 1. The molecule has 1 nitrogen and oxygen atoms in total. The first-order valence-electron chi connectivity index (χ1n) is 13.6. The first-order chi connectivity index (χ1) is 15.2. The van der Waals surface area contributed by atoms with Gasteiger partial charge in [-0.15, -0.1) is 0 Å². The molecule has 1 aromatic rings. The lowest BCUT2D eigenvalue weighted by atomic mass is 9.40. The van der Waals surface area contributed by atoms with Crippen LogP contribution >= 0.6 is 0 Å². The van der Waals surface area contributed by atoms with Gasteiger partial charge in [0.05, 0.1) is 6.10 Å². The van der Waals surface area contributed by atoms with Crippen molar-refractivity contribution in [3.63, 3.8) is 0 Å². The van der Waals surface area contributed by atoms with Gasteiger partial charge in [-0.3, -0.25) is 0 Å². The molecular weight excluding hydrogens is 388 g/mol. The molecule has 0 aromatic heterocycles. The van der Waals surface area contributed by atoms with E-state index in [-0.39, 0.29) is 11.5 Å².